The number of nitrogens with one attached hydrogen (secondary N) is 1. The highest BCUT2D eigenvalue weighted by atomic mass is 35.5. The number of primary amides is 1. The number of hydrogen-bond donors (Lipinski definition) is 2. The van der Waals surface area contributed by atoms with Crippen molar-refractivity contribution in [3.63, 3.8) is 0 Å². The summed E-state index contributed by atoms with van der Waals surface area (Å²) in [5.41, 5.74) is 7.55. The first-order valence-corrected chi connectivity index (χ1v) is 8.84. The van der Waals surface area contributed by atoms with E-state index in [0.29, 0.717) is 16.5 Å². The van der Waals surface area contributed by atoms with Crippen LogP contribution in [0.2, 0.25) is 5.02 Å². The second-order valence-corrected chi connectivity index (χ2v) is 7.18. The molecule has 1 saturated heterocycles. The lowest BCUT2D eigenvalue weighted by Gasteiger charge is -2.33. The minimum atomic E-state index is -0.378. The molecule has 7 heteroatoms. The zero-order valence-corrected chi connectivity index (χ0v) is 14.5. The van der Waals surface area contributed by atoms with E-state index in [1.165, 1.54) is 11.8 Å². The summed E-state index contributed by atoms with van der Waals surface area (Å²) in [4.78, 5) is 14.6. The third-order valence-corrected chi connectivity index (χ3v) is 5.79. The lowest BCUT2D eigenvalue weighted by atomic mass is 10.1. The smallest absolute Gasteiger partial charge is 0.256 e. The van der Waals surface area contributed by atoms with Crippen molar-refractivity contribution in [1.29, 1.82) is 0 Å². The molecule has 0 saturated carbocycles. The number of carbonyl (C=O) groups excluding carboxylic acids is 1. The van der Waals surface area contributed by atoms with Crippen molar-refractivity contribution in [3.8, 4) is 0 Å². The van der Waals surface area contributed by atoms with Crippen molar-refractivity contribution in [2.45, 2.75) is 18.4 Å². The summed E-state index contributed by atoms with van der Waals surface area (Å²) < 4.78 is 5.81. The summed E-state index contributed by atoms with van der Waals surface area (Å²) in [5, 5.41) is 4.05. The highest BCUT2D eigenvalue weighted by Gasteiger charge is 2.35. The molecule has 1 aromatic rings. The molecule has 2 unspecified atom stereocenters. The molecule has 0 radical (unpaired) electrons. The number of amides is 1. The van der Waals surface area contributed by atoms with Gasteiger partial charge in [-0.2, -0.15) is 0 Å². The molecule has 5 nitrogen and oxygen atoms in total. The molecule has 2 aliphatic heterocycles. The maximum atomic E-state index is 11.7. The molecule has 2 atom stereocenters. The van der Waals surface area contributed by atoms with Gasteiger partial charge in [0.05, 0.1) is 17.6 Å². The van der Waals surface area contributed by atoms with Gasteiger partial charge in [0.2, 0.25) is 0 Å². The lowest BCUT2D eigenvalue weighted by Crippen LogP contribution is -2.44. The van der Waals surface area contributed by atoms with Gasteiger partial charge in [-0.3, -0.25) is 4.79 Å². The molecule has 0 bridgehead atoms. The Morgan fingerprint density at radius 3 is 2.83 bits per heavy atom. The van der Waals surface area contributed by atoms with E-state index in [0.717, 1.165) is 30.9 Å². The Morgan fingerprint density at radius 2 is 2.22 bits per heavy atom. The fraction of sp³-hybridized carbons (Fsp3) is 0.438. The number of rotatable bonds is 4. The van der Waals surface area contributed by atoms with Crippen molar-refractivity contribution < 1.29 is 9.53 Å². The van der Waals surface area contributed by atoms with Crippen molar-refractivity contribution in [2.75, 3.05) is 26.2 Å². The molecule has 0 aromatic heterocycles. The number of nitrogens with two attached hydrogens (primary N) is 1. The molecule has 3 N–H and O–H groups in total. The van der Waals surface area contributed by atoms with Crippen LogP contribution in [0.3, 0.4) is 0 Å². The van der Waals surface area contributed by atoms with Gasteiger partial charge in [0.25, 0.3) is 5.91 Å². The Labute approximate surface area is 145 Å². The van der Waals surface area contributed by atoms with Crippen LogP contribution in [-0.4, -0.2) is 43.2 Å². The number of hydrogen-bond acceptors (Lipinski definition) is 5. The topological polar surface area (TPSA) is 67.6 Å². The van der Waals surface area contributed by atoms with Crippen molar-refractivity contribution in [3.05, 3.63) is 45.5 Å². The predicted molar refractivity (Wildman–Crippen MR) is 93.0 cm³/mol. The first-order valence-electron chi connectivity index (χ1n) is 7.58. The van der Waals surface area contributed by atoms with E-state index in [2.05, 4.69) is 10.2 Å². The van der Waals surface area contributed by atoms with Crippen LogP contribution in [0, 0.1) is 0 Å². The van der Waals surface area contributed by atoms with E-state index < -0.39 is 0 Å². The zero-order valence-electron chi connectivity index (χ0n) is 12.9. The second-order valence-electron chi connectivity index (χ2n) is 5.65. The molecular weight excluding hydrogens is 334 g/mol. The van der Waals surface area contributed by atoms with Gasteiger partial charge in [0.1, 0.15) is 5.37 Å². The Morgan fingerprint density at radius 1 is 1.48 bits per heavy atom. The summed E-state index contributed by atoms with van der Waals surface area (Å²) >= 11 is 7.48. The average molecular weight is 354 g/mol. The fourth-order valence-corrected chi connectivity index (χ4v) is 4.29. The van der Waals surface area contributed by atoms with Gasteiger partial charge in [-0.1, -0.05) is 35.5 Å². The number of halogens is 1. The van der Waals surface area contributed by atoms with Crippen LogP contribution in [0.1, 0.15) is 17.9 Å². The van der Waals surface area contributed by atoms with Crippen LogP contribution < -0.4 is 11.1 Å². The first-order chi connectivity index (χ1) is 11.1. The molecule has 1 fully saturated rings. The van der Waals surface area contributed by atoms with Crippen LogP contribution in [0.25, 0.3) is 0 Å². The first kappa shape index (κ1) is 16.6. The largest absolute Gasteiger partial charge is 0.374 e. The molecule has 2 aliphatic rings. The molecule has 0 spiro atoms. The van der Waals surface area contributed by atoms with Crippen LogP contribution in [0.4, 0.5) is 0 Å². The van der Waals surface area contributed by atoms with Gasteiger partial charge in [0.15, 0.2) is 0 Å². The van der Waals surface area contributed by atoms with Gasteiger partial charge in [-0.05, 0) is 24.6 Å². The summed E-state index contributed by atoms with van der Waals surface area (Å²) in [7, 11) is 0. The number of benzene rings is 1. The highest BCUT2D eigenvalue weighted by Crippen LogP contribution is 2.47. The monoisotopic (exact) mass is 353 g/mol. The maximum Gasteiger partial charge on any atom is 0.256 e. The van der Waals surface area contributed by atoms with Gasteiger partial charge >= 0.3 is 0 Å². The molecule has 0 aliphatic carbocycles. The number of thioether (sulfide) groups is 1. The third-order valence-electron chi connectivity index (χ3n) is 4.06. The molecule has 1 amide bonds. The van der Waals surface area contributed by atoms with Gasteiger partial charge in [0, 0.05) is 30.4 Å². The molecule has 1 aromatic carbocycles. The summed E-state index contributed by atoms with van der Waals surface area (Å²) in [6.07, 6.45) is 0.0985. The number of ether oxygens (including phenoxy) is 1. The lowest BCUT2D eigenvalue weighted by molar-refractivity contribution is -0.114. The van der Waals surface area contributed by atoms with Crippen LogP contribution in [0.5, 0.6) is 0 Å². The minimum absolute atomic E-state index is 0.0142. The van der Waals surface area contributed by atoms with Crippen LogP contribution >= 0.6 is 23.4 Å². The maximum absolute atomic E-state index is 11.7. The Bertz CT molecular complexity index is 614. The summed E-state index contributed by atoms with van der Waals surface area (Å²) in [5.74, 6) is -0.378. The average Bonchev–Trinajstić information content (AvgIpc) is 2.87. The molecular formula is C16H20ClN3O2S. The standard InChI is InChI=1S/C16H20ClN3O2S/c1-10-14(15(18)21)23-16(11-2-4-12(17)5-3-11)20(10)9-13-8-19-6-7-22-13/h2-5,13,16,19H,6-9H2,1H3,(H2,18,21). The highest BCUT2D eigenvalue weighted by molar-refractivity contribution is 8.04. The Hall–Kier alpha value is -1.21. The Balaban J connectivity index is 1.85. The van der Waals surface area contributed by atoms with Crippen LogP contribution in [-0.2, 0) is 9.53 Å². The molecule has 23 heavy (non-hydrogen) atoms. The number of morpholine rings is 1. The molecule has 3 rings (SSSR count). The quantitative estimate of drug-likeness (QED) is 0.867. The fourth-order valence-electron chi connectivity index (χ4n) is 2.87. The molecule has 124 valence electrons. The zero-order chi connectivity index (χ0) is 16.4. The molecule has 2 heterocycles. The SMILES string of the molecule is CC1=C(C(N)=O)SC(c2ccc(Cl)cc2)N1CC1CNCCO1. The van der Waals surface area contributed by atoms with Crippen LogP contribution in [0.15, 0.2) is 34.9 Å². The van der Waals surface area contributed by atoms with Gasteiger partial charge in [-0.15, -0.1) is 0 Å². The van der Waals surface area contributed by atoms with Gasteiger partial charge < -0.3 is 20.7 Å². The minimum Gasteiger partial charge on any atom is -0.374 e. The van der Waals surface area contributed by atoms with E-state index in [9.17, 15) is 4.79 Å². The van der Waals surface area contributed by atoms with Gasteiger partial charge in [-0.25, -0.2) is 0 Å². The predicted octanol–water partition coefficient (Wildman–Crippen LogP) is 2.09. The Kier molecular flexibility index (Phi) is 5.16. The number of allylic oxidation sites excluding steroid dienone is 1. The van der Waals surface area contributed by atoms with E-state index >= 15 is 0 Å². The van der Waals surface area contributed by atoms with E-state index in [1.54, 1.807) is 0 Å². The van der Waals surface area contributed by atoms with Crippen molar-refractivity contribution in [1.82, 2.24) is 10.2 Å². The summed E-state index contributed by atoms with van der Waals surface area (Å²) in [6.45, 7) is 5.07. The van der Waals surface area contributed by atoms with E-state index in [1.807, 2.05) is 31.2 Å². The number of carbonyl (C=O) groups is 1. The second kappa shape index (κ2) is 7.13. The van der Waals surface area contributed by atoms with Crippen molar-refractivity contribution in [2.24, 2.45) is 5.73 Å². The third kappa shape index (κ3) is 3.66. The normalized spacial score (nSPS) is 25.0. The van der Waals surface area contributed by atoms with E-state index in [4.69, 9.17) is 22.1 Å². The van der Waals surface area contributed by atoms with Crippen molar-refractivity contribution >= 4 is 29.3 Å². The summed E-state index contributed by atoms with van der Waals surface area (Å²) in [6, 6.07) is 7.71. The van der Waals surface area contributed by atoms with E-state index in [-0.39, 0.29) is 17.4 Å². The number of nitrogens with zero attached hydrogens (tertiary/aromatic N) is 1.